The summed E-state index contributed by atoms with van der Waals surface area (Å²) < 4.78 is 42.6. The van der Waals surface area contributed by atoms with E-state index in [2.05, 4.69) is 5.32 Å². The van der Waals surface area contributed by atoms with Crippen molar-refractivity contribution < 1.29 is 22.7 Å². The Kier molecular flexibility index (Phi) is 4.17. The van der Waals surface area contributed by atoms with Crippen LogP contribution in [0.1, 0.15) is 11.1 Å². The molecule has 108 valence electrons. The molecule has 1 aliphatic rings. The van der Waals surface area contributed by atoms with Crippen molar-refractivity contribution in [3.05, 3.63) is 36.2 Å². The maximum absolute atomic E-state index is 12.5. The van der Waals surface area contributed by atoms with Gasteiger partial charge in [-0.05, 0) is 23.8 Å². The van der Waals surface area contributed by atoms with Gasteiger partial charge in [0.25, 0.3) is 0 Å². The van der Waals surface area contributed by atoms with Crippen molar-refractivity contribution in [2.24, 2.45) is 0 Å². The van der Waals surface area contributed by atoms with E-state index in [4.69, 9.17) is 11.7 Å². The van der Waals surface area contributed by atoms with Crippen LogP contribution in [0.5, 0.6) is 0 Å². The summed E-state index contributed by atoms with van der Waals surface area (Å²) in [5.74, 6) is 0. The number of anilines is 1. The smallest absolute Gasteiger partial charge is 0.378 e. The number of hydrogen-bond donors (Lipinski definition) is 1. The minimum atomic E-state index is -4.46. The van der Waals surface area contributed by atoms with E-state index >= 15 is 0 Å². The summed E-state index contributed by atoms with van der Waals surface area (Å²) in [5, 5.41) is 2.50. The Labute approximate surface area is 114 Å². The summed E-state index contributed by atoms with van der Waals surface area (Å²) in [7, 11) is 0. The van der Waals surface area contributed by atoms with Crippen LogP contribution in [0.2, 0.25) is 0 Å². The highest BCUT2D eigenvalue weighted by molar-refractivity contribution is 5.90. The van der Waals surface area contributed by atoms with Gasteiger partial charge in [0, 0.05) is 25.7 Å². The average Bonchev–Trinajstić information content (AvgIpc) is 2.41. The van der Waals surface area contributed by atoms with Crippen LogP contribution in [0.25, 0.3) is 0 Å². The fourth-order valence-corrected chi connectivity index (χ4v) is 1.81. The molecule has 0 atom stereocenters. The first-order valence-corrected chi connectivity index (χ1v) is 5.98. The molecular weight excluding hydrogens is 273 g/mol. The highest BCUT2D eigenvalue weighted by Gasteiger charge is 2.30. The van der Waals surface area contributed by atoms with Crippen molar-refractivity contribution >= 4 is 11.7 Å². The number of carbonyl (C=O) groups is 1. The minimum absolute atomic E-state index is 0.124. The Morgan fingerprint density at radius 3 is 2.50 bits per heavy atom. The predicted octanol–water partition coefficient (Wildman–Crippen LogP) is 2.63. The number of carbonyl (C=O) groups excluding carboxylic acids is 1. The first-order chi connectivity index (χ1) is 9.38. The number of hydrogen-bond acceptors (Lipinski definition) is 2. The number of alkyl halides is 3. The zero-order valence-electron chi connectivity index (χ0n) is 10.5. The van der Waals surface area contributed by atoms with Crippen molar-refractivity contribution in [3.63, 3.8) is 0 Å². The molecule has 0 unspecified atom stereocenters. The van der Waals surface area contributed by atoms with Crippen LogP contribution in [-0.4, -0.2) is 37.2 Å². The molecule has 4 nitrogen and oxygen atoms in total. The fourth-order valence-electron chi connectivity index (χ4n) is 1.81. The molecule has 1 aromatic rings. The number of morpholine rings is 1. The molecule has 2 radical (unpaired) electrons. The minimum Gasteiger partial charge on any atom is -0.378 e. The van der Waals surface area contributed by atoms with Gasteiger partial charge in [-0.1, -0.05) is 0 Å². The summed E-state index contributed by atoms with van der Waals surface area (Å²) in [5.41, 5.74) is -0.810. The molecule has 1 aromatic carbocycles. The Balaban J connectivity index is 2.08. The van der Waals surface area contributed by atoms with E-state index in [1.54, 1.807) is 0 Å². The van der Waals surface area contributed by atoms with E-state index < -0.39 is 17.8 Å². The van der Waals surface area contributed by atoms with Crippen molar-refractivity contribution in [2.75, 3.05) is 31.6 Å². The number of halogens is 3. The van der Waals surface area contributed by atoms with Crippen molar-refractivity contribution in [2.45, 2.75) is 6.18 Å². The van der Waals surface area contributed by atoms with Gasteiger partial charge in [-0.15, -0.1) is 0 Å². The molecule has 0 spiro atoms. The number of rotatable bonds is 1. The third-order valence-electron chi connectivity index (χ3n) is 2.92. The second kappa shape index (κ2) is 5.70. The number of benzene rings is 1. The van der Waals surface area contributed by atoms with E-state index in [1.807, 2.05) is 0 Å². The topological polar surface area (TPSA) is 41.6 Å². The molecule has 0 saturated carbocycles. The lowest BCUT2D eigenvalue weighted by molar-refractivity contribution is -0.137. The normalized spacial score (nSPS) is 16.1. The summed E-state index contributed by atoms with van der Waals surface area (Å²) in [6.07, 6.45) is -4.46. The first kappa shape index (κ1) is 14.6. The van der Waals surface area contributed by atoms with Gasteiger partial charge in [0.2, 0.25) is 0 Å². The molecule has 0 bridgehead atoms. The summed E-state index contributed by atoms with van der Waals surface area (Å²) in [4.78, 5) is 13.4. The number of nitrogens with one attached hydrogen (secondary N) is 1. The molecule has 2 amide bonds. The Morgan fingerprint density at radius 1 is 1.30 bits per heavy atom. The number of urea groups is 1. The lowest BCUT2D eigenvalue weighted by Crippen LogP contribution is -2.43. The fraction of sp³-hybridized carbons (Fsp3) is 0.385. The molecule has 1 saturated heterocycles. The Morgan fingerprint density at radius 2 is 1.95 bits per heavy atom. The predicted molar refractivity (Wildman–Crippen MR) is 66.3 cm³/mol. The van der Waals surface area contributed by atoms with Gasteiger partial charge in [-0.3, -0.25) is 0 Å². The molecule has 7 heteroatoms. The SMILES string of the molecule is [CH]c1cc(C(F)(F)F)ccc1NC(=O)N1CCOCC1. The van der Waals surface area contributed by atoms with Gasteiger partial charge in [0.1, 0.15) is 0 Å². The van der Waals surface area contributed by atoms with Crippen LogP contribution in [0.4, 0.5) is 23.7 Å². The third kappa shape index (κ3) is 3.41. The van der Waals surface area contributed by atoms with E-state index in [9.17, 15) is 18.0 Å². The largest absolute Gasteiger partial charge is 0.416 e. The lowest BCUT2D eigenvalue weighted by atomic mass is 10.1. The highest BCUT2D eigenvalue weighted by atomic mass is 19.4. The number of amides is 2. The van der Waals surface area contributed by atoms with E-state index in [0.717, 1.165) is 18.2 Å². The molecule has 0 aromatic heterocycles. The van der Waals surface area contributed by atoms with Crippen molar-refractivity contribution in [1.82, 2.24) is 4.90 Å². The first-order valence-electron chi connectivity index (χ1n) is 5.98. The van der Waals surface area contributed by atoms with E-state index in [-0.39, 0.29) is 11.3 Å². The molecule has 1 N–H and O–H groups in total. The van der Waals surface area contributed by atoms with Crippen LogP contribution in [0.15, 0.2) is 18.2 Å². The van der Waals surface area contributed by atoms with Crippen LogP contribution in [0.3, 0.4) is 0 Å². The van der Waals surface area contributed by atoms with Crippen LogP contribution < -0.4 is 5.32 Å². The zero-order chi connectivity index (χ0) is 14.8. The molecule has 2 rings (SSSR count). The van der Waals surface area contributed by atoms with Gasteiger partial charge in [0.15, 0.2) is 0 Å². The van der Waals surface area contributed by atoms with Crippen LogP contribution in [0, 0.1) is 6.92 Å². The average molecular weight is 286 g/mol. The van der Waals surface area contributed by atoms with E-state index in [1.165, 1.54) is 4.90 Å². The van der Waals surface area contributed by atoms with Crippen molar-refractivity contribution in [1.29, 1.82) is 0 Å². The van der Waals surface area contributed by atoms with Gasteiger partial charge in [0.05, 0.1) is 18.8 Å². The standard InChI is InChI=1S/C13H13F3N2O2/c1-9-8-10(13(14,15)16)2-3-11(9)17-12(19)18-4-6-20-7-5-18/h1-3,8H,4-7H2,(H,17,19). The quantitative estimate of drug-likeness (QED) is 0.862. The molecule has 1 aliphatic heterocycles. The summed E-state index contributed by atoms with van der Waals surface area (Å²) >= 11 is 0. The molecule has 20 heavy (non-hydrogen) atoms. The lowest BCUT2D eigenvalue weighted by Gasteiger charge is -2.27. The Bertz CT molecular complexity index is 497. The third-order valence-corrected chi connectivity index (χ3v) is 2.92. The maximum Gasteiger partial charge on any atom is 0.416 e. The zero-order valence-corrected chi connectivity index (χ0v) is 10.5. The number of ether oxygens (including phenoxy) is 1. The molecule has 0 aliphatic carbocycles. The maximum atomic E-state index is 12.5. The second-order valence-electron chi connectivity index (χ2n) is 4.33. The van der Waals surface area contributed by atoms with Crippen molar-refractivity contribution in [3.8, 4) is 0 Å². The summed E-state index contributed by atoms with van der Waals surface area (Å²) in [6.45, 7) is 7.29. The second-order valence-corrected chi connectivity index (χ2v) is 4.33. The van der Waals surface area contributed by atoms with E-state index in [0.29, 0.717) is 26.3 Å². The van der Waals surface area contributed by atoms with Gasteiger partial charge >= 0.3 is 12.2 Å². The van der Waals surface area contributed by atoms with Gasteiger partial charge in [-0.2, -0.15) is 13.2 Å². The Hall–Kier alpha value is -1.76. The monoisotopic (exact) mass is 286 g/mol. The molecular formula is C13H13F3N2O2. The summed E-state index contributed by atoms with van der Waals surface area (Å²) in [6, 6.07) is 2.43. The van der Waals surface area contributed by atoms with Crippen LogP contribution in [-0.2, 0) is 10.9 Å². The number of nitrogens with zero attached hydrogens (tertiary/aromatic N) is 1. The van der Waals surface area contributed by atoms with Gasteiger partial charge < -0.3 is 15.0 Å². The highest BCUT2D eigenvalue weighted by Crippen LogP contribution is 2.31. The van der Waals surface area contributed by atoms with Crippen LogP contribution >= 0.6 is 0 Å². The van der Waals surface area contributed by atoms with Gasteiger partial charge in [-0.25, -0.2) is 4.79 Å². The molecule has 1 fully saturated rings. The molecule has 1 heterocycles.